The second-order valence-corrected chi connectivity index (χ2v) is 8.90. The van der Waals surface area contributed by atoms with Crippen molar-refractivity contribution in [3.8, 4) is 5.75 Å². The number of hydrogen-bond acceptors (Lipinski definition) is 5. The van der Waals surface area contributed by atoms with E-state index in [2.05, 4.69) is 15.8 Å². The summed E-state index contributed by atoms with van der Waals surface area (Å²) in [6.45, 7) is 1.85. The highest BCUT2D eigenvalue weighted by Crippen LogP contribution is 2.16. The van der Waals surface area contributed by atoms with E-state index in [0.717, 1.165) is 16.7 Å². The van der Waals surface area contributed by atoms with E-state index in [-0.39, 0.29) is 24.5 Å². The fraction of sp³-hybridized carbons (Fsp3) is 0.192. The zero-order valence-electron chi connectivity index (χ0n) is 18.7. The lowest BCUT2D eigenvalue weighted by atomic mass is 10.1. The van der Waals surface area contributed by atoms with Crippen LogP contribution in [0, 0.1) is 0 Å². The monoisotopic (exact) mass is 495 g/mol. The molecule has 176 valence electrons. The van der Waals surface area contributed by atoms with Crippen LogP contribution in [-0.2, 0) is 15.3 Å². The number of hydrazone groups is 1. The second-order valence-electron chi connectivity index (χ2n) is 7.47. The van der Waals surface area contributed by atoms with Crippen molar-refractivity contribution in [2.45, 2.75) is 18.7 Å². The van der Waals surface area contributed by atoms with Crippen molar-refractivity contribution in [3.05, 3.63) is 101 Å². The lowest BCUT2D eigenvalue weighted by Gasteiger charge is -2.14. The van der Waals surface area contributed by atoms with E-state index in [1.165, 1.54) is 11.8 Å². The minimum atomic E-state index is -0.196. The summed E-state index contributed by atoms with van der Waals surface area (Å²) < 4.78 is 5.55. The first-order chi connectivity index (χ1) is 16.5. The Kier molecular flexibility index (Phi) is 10.0. The average molecular weight is 496 g/mol. The third kappa shape index (κ3) is 8.92. The van der Waals surface area contributed by atoms with Gasteiger partial charge in [0.1, 0.15) is 5.75 Å². The van der Waals surface area contributed by atoms with Gasteiger partial charge in [-0.05, 0) is 60.0 Å². The highest BCUT2D eigenvalue weighted by atomic mass is 35.5. The van der Waals surface area contributed by atoms with Gasteiger partial charge in [-0.3, -0.25) is 9.59 Å². The van der Waals surface area contributed by atoms with Crippen LogP contribution in [0.5, 0.6) is 5.75 Å². The molecule has 3 aromatic carbocycles. The Labute approximate surface area is 208 Å². The molecule has 6 nitrogen and oxygen atoms in total. The van der Waals surface area contributed by atoms with E-state index in [9.17, 15) is 9.59 Å². The van der Waals surface area contributed by atoms with Crippen LogP contribution in [0.1, 0.15) is 29.7 Å². The van der Waals surface area contributed by atoms with Gasteiger partial charge >= 0.3 is 0 Å². The number of ether oxygens (including phenoxy) is 1. The van der Waals surface area contributed by atoms with Crippen LogP contribution in [0.2, 0.25) is 5.02 Å². The number of hydrogen-bond donors (Lipinski definition) is 2. The maximum absolute atomic E-state index is 12.1. The number of carbonyl (C=O) groups is 2. The molecule has 0 saturated carbocycles. The van der Waals surface area contributed by atoms with E-state index in [1.807, 2.05) is 61.5 Å². The largest absolute Gasteiger partial charge is 0.484 e. The van der Waals surface area contributed by atoms with Crippen LogP contribution >= 0.6 is 23.4 Å². The molecule has 0 heterocycles. The summed E-state index contributed by atoms with van der Waals surface area (Å²) in [5, 5.41) is 7.58. The van der Waals surface area contributed by atoms with Gasteiger partial charge in [-0.25, -0.2) is 5.43 Å². The normalized spacial score (nSPS) is 11.7. The number of nitrogens with zero attached hydrogens (tertiary/aromatic N) is 1. The lowest BCUT2D eigenvalue weighted by molar-refractivity contribution is -0.123. The van der Waals surface area contributed by atoms with Crippen molar-refractivity contribution in [1.29, 1.82) is 0 Å². The zero-order valence-corrected chi connectivity index (χ0v) is 20.3. The Morgan fingerprint density at radius 2 is 1.79 bits per heavy atom. The summed E-state index contributed by atoms with van der Waals surface area (Å²) in [6.07, 6.45) is 1.55. The number of halogens is 1. The minimum Gasteiger partial charge on any atom is -0.484 e. The summed E-state index contributed by atoms with van der Waals surface area (Å²) in [7, 11) is 0. The first kappa shape index (κ1) is 25.3. The summed E-state index contributed by atoms with van der Waals surface area (Å²) in [4.78, 5) is 24.1. The van der Waals surface area contributed by atoms with Gasteiger partial charge in [-0.1, -0.05) is 54.1 Å². The van der Waals surface area contributed by atoms with E-state index >= 15 is 0 Å². The second kappa shape index (κ2) is 13.4. The summed E-state index contributed by atoms with van der Waals surface area (Å²) in [5.74, 6) is 1.18. The van der Waals surface area contributed by atoms with Crippen LogP contribution in [0.3, 0.4) is 0 Å². The predicted octanol–water partition coefficient (Wildman–Crippen LogP) is 4.98. The molecule has 3 aromatic rings. The average Bonchev–Trinajstić information content (AvgIpc) is 2.84. The highest BCUT2D eigenvalue weighted by molar-refractivity contribution is 7.99. The zero-order chi connectivity index (χ0) is 24.2. The van der Waals surface area contributed by atoms with Crippen molar-refractivity contribution in [2.75, 3.05) is 12.4 Å². The number of thioether (sulfide) groups is 1. The predicted molar refractivity (Wildman–Crippen MR) is 138 cm³/mol. The number of benzene rings is 3. The Balaban J connectivity index is 1.35. The molecule has 0 aliphatic heterocycles. The Bertz CT molecular complexity index is 1110. The van der Waals surface area contributed by atoms with Crippen molar-refractivity contribution in [3.63, 3.8) is 0 Å². The molecular weight excluding hydrogens is 470 g/mol. The van der Waals surface area contributed by atoms with Crippen molar-refractivity contribution in [1.82, 2.24) is 10.7 Å². The molecule has 8 heteroatoms. The number of amides is 2. The molecule has 2 amide bonds. The Morgan fingerprint density at radius 1 is 1.03 bits per heavy atom. The van der Waals surface area contributed by atoms with Crippen molar-refractivity contribution < 1.29 is 14.3 Å². The van der Waals surface area contributed by atoms with E-state index in [0.29, 0.717) is 22.3 Å². The minimum absolute atomic E-state index is 0.0759. The number of rotatable bonds is 11. The fourth-order valence-corrected chi connectivity index (χ4v) is 3.99. The summed E-state index contributed by atoms with van der Waals surface area (Å²) in [5.41, 5.74) is 5.41. The SMILES string of the molecule is C[C@H](NC(=O)COc1ccc(/C=N\NC(=O)CSCc2cccc(Cl)c2)cc1)c1ccccc1. The first-order valence-electron chi connectivity index (χ1n) is 10.7. The molecule has 0 radical (unpaired) electrons. The van der Waals surface area contributed by atoms with Crippen LogP contribution in [-0.4, -0.2) is 30.4 Å². The fourth-order valence-electron chi connectivity index (χ4n) is 3.01. The molecule has 0 saturated heterocycles. The van der Waals surface area contributed by atoms with E-state index in [1.54, 1.807) is 30.5 Å². The maximum atomic E-state index is 12.1. The molecule has 2 N–H and O–H groups in total. The van der Waals surface area contributed by atoms with E-state index in [4.69, 9.17) is 16.3 Å². The van der Waals surface area contributed by atoms with Crippen LogP contribution in [0.15, 0.2) is 84.0 Å². The van der Waals surface area contributed by atoms with Crippen LogP contribution < -0.4 is 15.5 Å². The molecule has 34 heavy (non-hydrogen) atoms. The summed E-state index contributed by atoms with van der Waals surface area (Å²) in [6, 6.07) is 24.3. The Morgan fingerprint density at radius 3 is 2.53 bits per heavy atom. The molecule has 0 aromatic heterocycles. The number of carbonyl (C=O) groups excluding carboxylic acids is 2. The molecule has 0 aliphatic rings. The van der Waals surface area contributed by atoms with Gasteiger partial charge in [0.15, 0.2) is 6.61 Å². The maximum Gasteiger partial charge on any atom is 0.258 e. The van der Waals surface area contributed by atoms with Gasteiger partial charge in [0.2, 0.25) is 5.91 Å². The molecule has 0 unspecified atom stereocenters. The van der Waals surface area contributed by atoms with Crippen molar-refractivity contribution in [2.24, 2.45) is 5.10 Å². The standard InChI is InChI=1S/C26H26ClN3O3S/c1-19(22-7-3-2-4-8-22)29-25(31)16-33-24-12-10-20(11-13-24)15-28-30-26(32)18-34-17-21-6-5-9-23(27)14-21/h2-15,19H,16-18H2,1H3,(H,29,31)(H,30,32)/b28-15-/t19-/m0/s1. The molecule has 0 bridgehead atoms. The smallest absolute Gasteiger partial charge is 0.258 e. The lowest BCUT2D eigenvalue weighted by Crippen LogP contribution is -2.31. The third-order valence-corrected chi connectivity index (χ3v) is 5.96. The first-order valence-corrected chi connectivity index (χ1v) is 12.2. The summed E-state index contributed by atoms with van der Waals surface area (Å²) >= 11 is 7.45. The molecular formula is C26H26ClN3O3S. The quantitative estimate of drug-likeness (QED) is 0.290. The topological polar surface area (TPSA) is 79.8 Å². The van der Waals surface area contributed by atoms with Gasteiger partial charge < -0.3 is 10.1 Å². The van der Waals surface area contributed by atoms with Gasteiger partial charge in [0.25, 0.3) is 5.91 Å². The molecule has 0 aliphatic carbocycles. The molecule has 1 atom stereocenters. The van der Waals surface area contributed by atoms with E-state index < -0.39 is 0 Å². The molecule has 0 spiro atoms. The van der Waals surface area contributed by atoms with Gasteiger partial charge in [-0.15, -0.1) is 11.8 Å². The van der Waals surface area contributed by atoms with Gasteiger partial charge in [-0.2, -0.15) is 5.10 Å². The van der Waals surface area contributed by atoms with Crippen LogP contribution in [0.25, 0.3) is 0 Å². The Hall–Kier alpha value is -3.29. The van der Waals surface area contributed by atoms with Crippen molar-refractivity contribution >= 4 is 41.4 Å². The van der Waals surface area contributed by atoms with Gasteiger partial charge in [0, 0.05) is 10.8 Å². The van der Waals surface area contributed by atoms with Crippen LogP contribution in [0.4, 0.5) is 0 Å². The molecule has 3 rings (SSSR count). The highest BCUT2D eigenvalue weighted by Gasteiger charge is 2.09. The number of nitrogens with one attached hydrogen (secondary N) is 2. The van der Waals surface area contributed by atoms with Gasteiger partial charge in [0.05, 0.1) is 18.0 Å². The third-order valence-electron chi connectivity index (χ3n) is 4.72. The molecule has 0 fully saturated rings.